The van der Waals surface area contributed by atoms with Crippen LogP contribution in [0.1, 0.15) is 46.3 Å². The Hall–Kier alpha value is -1.36. The lowest BCUT2D eigenvalue weighted by Crippen LogP contribution is -2.28. The second-order valence-corrected chi connectivity index (χ2v) is 6.85. The van der Waals surface area contributed by atoms with Gasteiger partial charge in [0.05, 0.1) is 28.9 Å². The fourth-order valence-electron chi connectivity index (χ4n) is 3.11. The molecule has 108 valence electrons. The molecule has 0 saturated carbocycles. The van der Waals surface area contributed by atoms with Crippen LogP contribution in [0.2, 0.25) is 0 Å². The number of amides is 1. The van der Waals surface area contributed by atoms with Crippen molar-refractivity contribution in [1.29, 1.82) is 0 Å². The summed E-state index contributed by atoms with van der Waals surface area (Å²) in [6.45, 7) is 5.87. The van der Waals surface area contributed by atoms with Crippen molar-refractivity contribution in [3.63, 3.8) is 0 Å². The van der Waals surface area contributed by atoms with Crippen molar-refractivity contribution >= 4 is 28.8 Å². The van der Waals surface area contributed by atoms with Crippen LogP contribution >= 0.6 is 22.9 Å². The second kappa shape index (κ2) is 5.44. The standard InChI is InChI=1S/C18H18INO/c1-11-4-6-16-14(8-11)10-15-9-12(2)5-7-17(15)18(16)20(19)13(3)21/h4-9,18H,10H2,1-3H3. The van der Waals surface area contributed by atoms with Gasteiger partial charge in [0.1, 0.15) is 0 Å². The molecule has 0 radical (unpaired) electrons. The van der Waals surface area contributed by atoms with Crippen LogP contribution in [0.15, 0.2) is 36.4 Å². The zero-order chi connectivity index (χ0) is 15.1. The van der Waals surface area contributed by atoms with E-state index in [-0.39, 0.29) is 11.9 Å². The number of carbonyl (C=O) groups is 1. The first-order valence-corrected chi connectivity index (χ1v) is 8.08. The number of hydrogen-bond donors (Lipinski definition) is 0. The average Bonchev–Trinajstić information content (AvgIpc) is 2.43. The Labute approximate surface area is 139 Å². The number of fused-ring (bicyclic) bond motifs is 2. The molecule has 2 nitrogen and oxygen atoms in total. The lowest BCUT2D eigenvalue weighted by molar-refractivity contribution is -0.123. The van der Waals surface area contributed by atoms with Crippen LogP contribution in [0.3, 0.4) is 0 Å². The Balaban J connectivity index is 2.21. The summed E-state index contributed by atoms with van der Waals surface area (Å²) in [5, 5.41) is 0. The third-order valence-corrected chi connectivity index (χ3v) is 5.33. The molecule has 0 N–H and O–H groups in total. The predicted molar refractivity (Wildman–Crippen MR) is 93.5 cm³/mol. The Kier molecular flexibility index (Phi) is 3.78. The van der Waals surface area contributed by atoms with Crippen molar-refractivity contribution < 1.29 is 4.79 Å². The molecular weight excluding hydrogens is 373 g/mol. The fourth-order valence-corrected chi connectivity index (χ4v) is 3.71. The minimum atomic E-state index is 0.0167. The summed E-state index contributed by atoms with van der Waals surface area (Å²) in [6.07, 6.45) is 0.951. The largest absolute Gasteiger partial charge is 0.274 e. The summed E-state index contributed by atoms with van der Waals surface area (Å²) in [5.74, 6) is 0.0838. The summed E-state index contributed by atoms with van der Waals surface area (Å²) in [4.78, 5) is 11.9. The first-order valence-electron chi connectivity index (χ1n) is 7.12. The van der Waals surface area contributed by atoms with Crippen LogP contribution in [0.5, 0.6) is 0 Å². The third kappa shape index (κ3) is 2.59. The van der Waals surface area contributed by atoms with E-state index in [1.54, 1.807) is 6.92 Å². The number of aryl methyl sites for hydroxylation is 2. The van der Waals surface area contributed by atoms with E-state index in [0.29, 0.717) is 0 Å². The summed E-state index contributed by atoms with van der Waals surface area (Å²) >= 11 is 2.15. The van der Waals surface area contributed by atoms with Gasteiger partial charge in [-0.25, -0.2) is 0 Å². The topological polar surface area (TPSA) is 20.3 Å². The lowest BCUT2D eigenvalue weighted by Gasteiger charge is -2.33. The molecule has 0 bridgehead atoms. The minimum Gasteiger partial charge on any atom is -0.274 e. The molecule has 0 atom stereocenters. The fraction of sp³-hybridized carbons (Fsp3) is 0.278. The minimum absolute atomic E-state index is 0.0167. The highest BCUT2D eigenvalue weighted by molar-refractivity contribution is 14.1. The zero-order valence-electron chi connectivity index (χ0n) is 12.5. The van der Waals surface area contributed by atoms with E-state index in [4.69, 9.17) is 0 Å². The molecule has 0 aromatic heterocycles. The summed E-state index contributed by atoms with van der Waals surface area (Å²) < 4.78 is 1.82. The van der Waals surface area contributed by atoms with Crippen molar-refractivity contribution in [3.8, 4) is 0 Å². The quantitative estimate of drug-likeness (QED) is 0.518. The van der Waals surface area contributed by atoms with Gasteiger partial charge < -0.3 is 0 Å². The molecule has 2 aromatic carbocycles. The van der Waals surface area contributed by atoms with Gasteiger partial charge in [0.2, 0.25) is 5.91 Å². The van der Waals surface area contributed by atoms with Crippen molar-refractivity contribution in [1.82, 2.24) is 3.11 Å². The van der Waals surface area contributed by atoms with Crippen LogP contribution in [-0.4, -0.2) is 9.02 Å². The van der Waals surface area contributed by atoms with Gasteiger partial charge in [-0.3, -0.25) is 7.91 Å². The Morgan fingerprint density at radius 1 is 1.05 bits per heavy atom. The zero-order valence-corrected chi connectivity index (χ0v) is 14.6. The first-order chi connectivity index (χ1) is 9.97. The van der Waals surface area contributed by atoms with E-state index in [0.717, 1.165) is 6.42 Å². The van der Waals surface area contributed by atoms with Crippen molar-refractivity contribution in [2.24, 2.45) is 0 Å². The second-order valence-electron chi connectivity index (χ2n) is 5.81. The molecule has 3 rings (SSSR count). The molecule has 0 spiro atoms. The number of carbonyl (C=O) groups excluding carboxylic acids is 1. The highest BCUT2D eigenvalue weighted by atomic mass is 127. The average molecular weight is 391 g/mol. The lowest BCUT2D eigenvalue weighted by atomic mass is 9.81. The highest BCUT2D eigenvalue weighted by Gasteiger charge is 2.30. The first kappa shape index (κ1) is 14.6. The molecule has 1 aliphatic rings. The van der Waals surface area contributed by atoms with E-state index >= 15 is 0 Å². The number of rotatable bonds is 1. The van der Waals surface area contributed by atoms with Crippen molar-refractivity contribution in [2.45, 2.75) is 33.2 Å². The summed E-state index contributed by atoms with van der Waals surface area (Å²) in [7, 11) is 0. The van der Waals surface area contributed by atoms with E-state index < -0.39 is 0 Å². The predicted octanol–water partition coefficient (Wildman–Crippen LogP) is 4.50. The normalized spacial score (nSPS) is 13.5. The van der Waals surface area contributed by atoms with Gasteiger partial charge in [0, 0.05) is 6.92 Å². The van der Waals surface area contributed by atoms with Gasteiger partial charge in [-0.1, -0.05) is 47.5 Å². The monoisotopic (exact) mass is 391 g/mol. The Morgan fingerprint density at radius 2 is 1.52 bits per heavy atom. The number of hydrogen-bond acceptors (Lipinski definition) is 1. The Bertz CT molecular complexity index is 672. The smallest absolute Gasteiger partial charge is 0.228 e. The van der Waals surface area contributed by atoms with Gasteiger partial charge in [0.15, 0.2) is 0 Å². The van der Waals surface area contributed by atoms with Gasteiger partial charge in [-0.2, -0.15) is 0 Å². The van der Waals surface area contributed by atoms with Crippen LogP contribution in [-0.2, 0) is 11.2 Å². The molecule has 0 aliphatic heterocycles. The van der Waals surface area contributed by atoms with E-state index in [9.17, 15) is 4.79 Å². The third-order valence-electron chi connectivity index (χ3n) is 4.09. The molecule has 0 saturated heterocycles. The maximum absolute atomic E-state index is 11.9. The van der Waals surface area contributed by atoms with Crippen LogP contribution in [0.4, 0.5) is 0 Å². The molecule has 1 aliphatic carbocycles. The maximum atomic E-state index is 11.9. The van der Waals surface area contributed by atoms with Gasteiger partial charge in [-0.15, -0.1) is 0 Å². The number of benzene rings is 2. The van der Waals surface area contributed by atoms with Gasteiger partial charge >= 0.3 is 0 Å². The number of halogens is 1. The van der Waals surface area contributed by atoms with Crippen molar-refractivity contribution in [3.05, 3.63) is 69.8 Å². The van der Waals surface area contributed by atoms with E-state index in [1.165, 1.54) is 33.4 Å². The molecule has 21 heavy (non-hydrogen) atoms. The molecule has 1 amide bonds. The molecule has 2 aromatic rings. The van der Waals surface area contributed by atoms with Crippen LogP contribution < -0.4 is 0 Å². The molecule has 3 heteroatoms. The van der Waals surface area contributed by atoms with E-state index in [1.807, 2.05) is 3.11 Å². The molecule has 0 heterocycles. The van der Waals surface area contributed by atoms with Crippen LogP contribution in [0.25, 0.3) is 0 Å². The Morgan fingerprint density at radius 3 is 1.95 bits per heavy atom. The van der Waals surface area contributed by atoms with Crippen molar-refractivity contribution in [2.75, 3.05) is 0 Å². The van der Waals surface area contributed by atoms with Crippen LogP contribution in [0, 0.1) is 13.8 Å². The highest BCUT2D eigenvalue weighted by Crippen LogP contribution is 2.41. The van der Waals surface area contributed by atoms with Gasteiger partial charge in [0.25, 0.3) is 0 Å². The molecular formula is C18H18INO. The summed E-state index contributed by atoms with van der Waals surface area (Å²) in [6, 6.07) is 13.1. The maximum Gasteiger partial charge on any atom is 0.228 e. The van der Waals surface area contributed by atoms with Gasteiger partial charge in [-0.05, 0) is 42.5 Å². The summed E-state index contributed by atoms with van der Waals surface area (Å²) in [5.41, 5.74) is 7.71. The SMILES string of the molecule is CC(=O)N(I)C1c2ccc(C)cc2Cc2cc(C)ccc21. The molecule has 0 unspecified atom stereocenters. The molecule has 0 fully saturated rings. The van der Waals surface area contributed by atoms with E-state index in [2.05, 4.69) is 73.1 Å². The number of nitrogens with zero attached hydrogens (tertiary/aromatic N) is 1.